The Morgan fingerprint density at radius 2 is 1.91 bits per heavy atom. The number of hydrogen-bond donors (Lipinski definition) is 1. The fourth-order valence-electron chi connectivity index (χ4n) is 2.65. The van der Waals surface area contributed by atoms with E-state index in [4.69, 9.17) is 0 Å². The van der Waals surface area contributed by atoms with Gasteiger partial charge in [0.15, 0.2) is 0 Å². The molecule has 0 saturated carbocycles. The first-order valence-electron chi connectivity index (χ1n) is 7.67. The Morgan fingerprint density at radius 1 is 1.35 bits per heavy atom. The quantitative estimate of drug-likeness (QED) is 0.893. The lowest BCUT2D eigenvalue weighted by Crippen LogP contribution is -2.49. The van der Waals surface area contributed by atoms with E-state index >= 15 is 0 Å². The molecule has 0 bridgehead atoms. The summed E-state index contributed by atoms with van der Waals surface area (Å²) in [6.45, 7) is 2.86. The van der Waals surface area contributed by atoms with Crippen molar-refractivity contribution in [2.75, 3.05) is 26.4 Å². The van der Waals surface area contributed by atoms with Gasteiger partial charge in [-0.3, -0.25) is 4.98 Å². The van der Waals surface area contributed by atoms with Crippen LogP contribution in [0.2, 0.25) is 0 Å². The summed E-state index contributed by atoms with van der Waals surface area (Å²) in [5, 5.41) is 2.99. The second kappa shape index (κ2) is 7.27. The van der Waals surface area contributed by atoms with Crippen LogP contribution in [-0.2, 0) is 10.0 Å². The zero-order valence-electron chi connectivity index (χ0n) is 13.8. The largest absolute Gasteiger partial charge is 0.335 e. The smallest absolute Gasteiger partial charge is 0.317 e. The summed E-state index contributed by atoms with van der Waals surface area (Å²) in [6.07, 6.45) is 5.90. The van der Waals surface area contributed by atoms with Crippen molar-refractivity contribution in [3.05, 3.63) is 30.1 Å². The highest BCUT2D eigenvalue weighted by molar-refractivity contribution is 7.88. The third-order valence-electron chi connectivity index (χ3n) is 4.34. The zero-order chi connectivity index (χ0) is 17.0. The highest BCUT2D eigenvalue weighted by Gasteiger charge is 2.27. The van der Waals surface area contributed by atoms with Crippen molar-refractivity contribution >= 4 is 16.1 Å². The van der Waals surface area contributed by atoms with Crippen LogP contribution in [-0.4, -0.2) is 61.1 Å². The van der Waals surface area contributed by atoms with Gasteiger partial charge in [-0.1, -0.05) is 0 Å². The first-order valence-corrected chi connectivity index (χ1v) is 9.52. The van der Waals surface area contributed by atoms with E-state index in [-0.39, 0.29) is 18.1 Å². The lowest BCUT2D eigenvalue weighted by atomic mass is 10.1. The third kappa shape index (κ3) is 4.65. The predicted octanol–water partition coefficient (Wildman–Crippen LogP) is 1.21. The molecular weight excluding hydrogens is 316 g/mol. The molecule has 1 atom stereocenters. The fourth-order valence-corrected chi connectivity index (χ4v) is 3.52. The van der Waals surface area contributed by atoms with Crippen molar-refractivity contribution in [3.63, 3.8) is 0 Å². The molecule has 1 unspecified atom stereocenters. The Labute approximate surface area is 137 Å². The van der Waals surface area contributed by atoms with Crippen LogP contribution < -0.4 is 5.32 Å². The number of hydrogen-bond acceptors (Lipinski definition) is 4. The average molecular weight is 340 g/mol. The molecule has 1 aromatic rings. The molecule has 1 aliphatic rings. The van der Waals surface area contributed by atoms with E-state index in [0.29, 0.717) is 25.9 Å². The van der Waals surface area contributed by atoms with Crippen LogP contribution in [0.4, 0.5) is 4.79 Å². The van der Waals surface area contributed by atoms with Gasteiger partial charge in [-0.2, -0.15) is 0 Å². The molecule has 2 rings (SSSR count). The SMILES string of the molecule is CC(c1ccncc1)N(C)C(=O)NC1CCN(S(C)(=O)=O)CC1. The molecule has 1 aliphatic heterocycles. The van der Waals surface area contributed by atoms with Gasteiger partial charge in [-0.25, -0.2) is 17.5 Å². The van der Waals surface area contributed by atoms with Crippen LogP contribution >= 0.6 is 0 Å². The number of piperidine rings is 1. The highest BCUT2D eigenvalue weighted by atomic mass is 32.2. The van der Waals surface area contributed by atoms with Crippen molar-refractivity contribution in [2.24, 2.45) is 0 Å². The van der Waals surface area contributed by atoms with E-state index in [2.05, 4.69) is 10.3 Å². The van der Waals surface area contributed by atoms with Crippen LogP contribution in [0.1, 0.15) is 31.4 Å². The van der Waals surface area contributed by atoms with E-state index in [1.54, 1.807) is 24.3 Å². The minimum Gasteiger partial charge on any atom is -0.335 e. The standard InChI is InChI=1S/C15H24N4O3S/c1-12(13-4-8-16-9-5-13)18(2)15(20)17-14-6-10-19(11-7-14)23(3,21)22/h4-5,8-9,12,14H,6-7,10-11H2,1-3H3,(H,17,20). The first-order chi connectivity index (χ1) is 10.8. The number of aromatic nitrogens is 1. The van der Waals surface area contributed by atoms with Gasteiger partial charge in [0, 0.05) is 38.6 Å². The van der Waals surface area contributed by atoms with Crippen LogP contribution in [0.3, 0.4) is 0 Å². The third-order valence-corrected chi connectivity index (χ3v) is 5.64. The maximum absolute atomic E-state index is 12.4. The van der Waals surface area contributed by atoms with E-state index in [1.807, 2.05) is 19.1 Å². The predicted molar refractivity (Wildman–Crippen MR) is 88.4 cm³/mol. The second-order valence-electron chi connectivity index (χ2n) is 5.95. The first kappa shape index (κ1) is 17.7. The Morgan fingerprint density at radius 3 is 2.43 bits per heavy atom. The molecule has 0 radical (unpaired) electrons. The topological polar surface area (TPSA) is 82.6 Å². The van der Waals surface area contributed by atoms with E-state index in [9.17, 15) is 13.2 Å². The number of amides is 2. The molecule has 128 valence electrons. The summed E-state index contributed by atoms with van der Waals surface area (Å²) in [7, 11) is -1.38. The highest BCUT2D eigenvalue weighted by Crippen LogP contribution is 2.19. The van der Waals surface area contributed by atoms with Gasteiger partial charge in [0.05, 0.1) is 12.3 Å². The van der Waals surface area contributed by atoms with Gasteiger partial charge in [0.25, 0.3) is 0 Å². The summed E-state index contributed by atoms with van der Waals surface area (Å²) >= 11 is 0. The van der Waals surface area contributed by atoms with Gasteiger partial charge in [-0.15, -0.1) is 0 Å². The Bertz CT molecular complexity index is 627. The molecule has 1 N–H and O–H groups in total. The number of sulfonamides is 1. The molecule has 8 heteroatoms. The van der Waals surface area contributed by atoms with Gasteiger partial charge < -0.3 is 10.2 Å². The summed E-state index contributed by atoms with van der Waals surface area (Å²) < 4.78 is 24.4. The van der Waals surface area contributed by atoms with E-state index in [1.165, 1.54) is 10.6 Å². The van der Waals surface area contributed by atoms with Gasteiger partial charge in [-0.05, 0) is 37.5 Å². The second-order valence-corrected chi connectivity index (χ2v) is 7.94. The monoisotopic (exact) mass is 340 g/mol. The van der Waals surface area contributed by atoms with E-state index in [0.717, 1.165) is 5.56 Å². The minimum absolute atomic E-state index is 0.00703. The minimum atomic E-state index is -3.14. The molecule has 0 aromatic carbocycles. The molecule has 1 fully saturated rings. The van der Waals surface area contributed by atoms with E-state index < -0.39 is 10.0 Å². The van der Waals surface area contributed by atoms with Crippen molar-refractivity contribution in [3.8, 4) is 0 Å². The fraction of sp³-hybridized carbons (Fsp3) is 0.600. The van der Waals surface area contributed by atoms with Crippen LogP contribution in [0.15, 0.2) is 24.5 Å². The normalized spacial score (nSPS) is 18.4. The van der Waals surface area contributed by atoms with Crippen molar-refractivity contribution < 1.29 is 13.2 Å². The zero-order valence-corrected chi connectivity index (χ0v) is 14.6. The van der Waals surface area contributed by atoms with Crippen molar-refractivity contribution in [1.82, 2.24) is 19.5 Å². The maximum atomic E-state index is 12.4. The van der Waals surface area contributed by atoms with Crippen LogP contribution in [0, 0.1) is 0 Å². The van der Waals surface area contributed by atoms with Gasteiger partial charge in [0.2, 0.25) is 10.0 Å². The Kier molecular flexibility index (Phi) is 5.59. The van der Waals surface area contributed by atoms with Crippen LogP contribution in [0.5, 0.6) is 0 Å². The molecular formula is C15H24N4O3S. The molecule has 2 heterocycles. The molecule has 1 saturated heterocycles. The maximum Gasteiger partial charge on any atom is 0.317 e. The number of nitrogens with zero attached hydrogens (tertiary/aromatic N) is 3. The number of urea groups is 1. The molecule has 0 aliphatic carbocycles. The lowest BCUT2D eigenvalue weighted by Gasteiger charge is -2.33. The lowest BCUT2D eigenvalue weighted by molar-refractivity contribution is 0.184. The molecule has 2 amide bonds. The number of nitrogens with one attached hydrogen (secondary N) is 1. The molecule has 0 spiro atoms. The number of carbonyl (C=O) groups excluding carboxylic acids is 1. The number of pyridine rings is 1. The van der Waals surface area contributed by atoms with Crippen molar-refractivity contribution in [1.29, 1.82) is 0 Å². The molecule has 7 nitrogen and oxygen atoms in total. The summed E-state index contributed by atoms with van der Waals surface area (Å²) in [5.41, 5.74) is 1.02. The summed E-state index contributed by atoms with van der Waals surface area (Å²) in [6, 6.07) is 3.58. The molecule has 1 aromatic heterocycles. The Hall–Kier alpha value is -1.67. The van der Waals surface area contributed by atoms with Gasteiger partial charge in [0.1, 0.15) is 0 Å². The average Bonchev–Trinajstić information content (AvgIpc) is 2.54. The summed E-state index contributed by atoms with van der Waals surface area (Å²) in [4.78, 5) is 18.0. The molecule has 23 heavy (non-hydrogen) atoms. The van der Waals surface area contributed by atoms with Crippen LogP contribution in [0.25, 0.3) is 0 Å². The van der Waals surface area contributed by atoms with Crippen molar-refractivity contribution in [2.45, 2.75) is 31.8 Å². The number of rotatable bonds is 4. The number of carbonyl (C=O) groups is 1. The summed E-state index contributed by atoms with van der Waals surface area (Å²) in [5.74, 6) is 0. The Balaban J connectivity index is 1.88. The van der Waals surface area contributed by atoms with Gasteiger partial charge >= 0.3 is 6.03 Å².